The van der Waals surface area contributed by atoms with Gasteiger partial charge in [0.25, 0.3) is 0 Å². The summed E-state index contributed by atoms with van der Waals surface area (Å²) in [5, 5.41) is 0. The zero-order valence-electron chi connectivity index (χ0n) is 6.80. The summed E-state index contributed by atoms with van der Waals surface area (Å²) in [4.78, 5) is 0. The van der Waals surface area contributed by atoms with Gasteiger partial charge >= 0.3 is 0 Å². The maximum Gasteiger partial charge on any atom is 0.133 e. The van der Waals surface area contributed by atoms with Crippen molar-refractivity contribution in [2.45, 2.75) is 6.42 Å². The van der Waals surface area contributed by atoms with E-state index in [1.807, 2.05) is 6.07 Å². The third-order valence-electron chi connectivity index (χ3n) is 2.08. The molecule has 1 aromatic carbocycles. The summed E-state index contributed by atoms with van der Waals surface area (Å²) >= 11 is 3.52. The van der Waals surface area contributed by atoms with E-state index in [0.717, 1.165) is 16.6 Å². The van der Waals surface area contributed by atoms with Crippen molar-refractivity contribution in [2.75, 3.05) is 7.11 Å². The maximum atomic E-state index is 5.19. The van der Waals surface area contributed by atoms with Crippen LogP contribution in [0.4, 0.5) is 0 Å². The number of rotatable bonds is 1. The van der Waals surface area contributed by atoms with Gasteiger partial charge in [-0.3, -0.25) is 0 Å². The molecule has 0 aliphatic heterocycles. The van der Waals surface area contributed by atoms with Crippen molar-refractivity contribution in [2.24, 2.45) is 0 Å². The molecule has 1 aliphatic rings. The molecule has 0 fully saturated rings. The fraction of sp³-hybridized carbons (Fsp3) is 0.200. The topological polar surface area (TPSA) is 9.23 Å². The zero-order valence-corrected chi connectivity index (χ0v) is 8.39. The normalized spacial score (nSPS) is 13.2. The lowest BCUT2D eigenvalue weighted by atomic mass is 10.1. The predicted molar refractivity (Wildman–Crippen MR) is 53.4 cm³/mol. The first-order valence-electron chi connectivity index (χ1n) is 3.85. The minimum atomic E-state index is 0.903. The van der Waals surface area contributed by atoms with Gasteiger partial charge in [-0.15, -0.1) is 0 Å². The monoisotopic (exact) mass is 224 g/mol. The lowest BCUT2D eigenvalue weighted by Crippen LogP contribution is -1.88. The Morgan fingerprint density at radius 1 is 1.42 bits per heavy atom. The fourth-order valence-electron chi connectivity index (χ4n) is 1.43. The molecule has 0 amide bonds. The van der Waals surface area contributed by atoms with E-state index < -0.39 is 0 Å². The number of methoxy groups -OCH3 is 1. The molecule has 0 heterocycles. The average molecular weight is 225 g/mol. The summed E-state index contributed by atoms with van der Waals surface area (Å²) < 4.78 is 6.26. The quantitative estimate of drug-likeness (QED) is 0.713. The van der Waals surface area contributed by atoms with E-state index in [-0.39, 0.29) is 0 Å². The molecular formula is C10H9BrO. The molecular weight excluding hydrogens is 216 g/mol. The Balaban J connectivity index is 2.60. The standard InChI is InChI=1S/C10H9BrO/c1-12-9-6-5-7-3-2-4-8(7)10(9)11/h2,4-6H,3H2,1H3. The van der Waals surface area contributed by atoms with Crippen LogP contribution >= 0.6 is 15.9 Å². The van der Waals surface area contributed by atoms with Crippen molar-refractivity contribution < 1.29 is 4.74 Å². The summed E-state index contributed by atoms with van der Waals surface area (Å²) in [6.07, 6.45) is 5.33. The second-order valence-corrected chi connectivity index (χ2v) is 3.55. The molecule has 62 valence electrons. The van der Waals surface area contributed by atoms with E-state index in [9.17, 15) is 0 Å². The summed E-state index contributed by atoms with van der Waals surface area (Å²) in [5.74, 6) is 0.903. The van der Waals surface area contributed by atoms with Crippen LogP contribution in [0, 0.1) is 0 Å². The van der Waals surface area contributed by atoms with Crippen molar-refractivity contribution in [1.29, 1.82) is 0 Å². The highest BCUT2D eigenvalue weighted by Crippen LogP contribution is 2.34. The van der Waals surface area contributed by atoms with E-state index in [2.05, 4.69) is 34.1 Å². The molecule has 0 radical (unpaired) electrons. The molecule has 0 saturated carbocycles. The second kappa shape index (κ2) is 2.94. The Hall–Kier alpha value is -0.760. The van der Waals surface area contributed by atoms with Crippen LogP contribution in [-0.4, -0.2) is 7.11 Å². The van der Waals surface area contributed by atoms with Gasteiger partial charge in [0.05, 0.1) is 11.6 Å². The van der Waals surface area contributed by atoms with E-state index in [1.54, 1.807) is 7.11 Å². The van der Waals surface area contributed by atoms with E-state index >= 15 is 0 Å². The van der Waals surface area contributed by atoms with E-state index in [1.165, 1.54) is 11.1 Å². The smallest absolute Gasteiger partial charge is 0.133 e. The average Bonchev–Trinajstić information content (AvgIpc) is 2.53. The molecule has 2 rings (SSSR count). The zero-order chi connectivity index (χ0) is 8.55. The number of hydrogen-bond acceptors (Lipinski definition) is 1. The molecule has 0 atom stereocenters. The van der Waals surface area contributed by atoms with Crippen LogP contribution in [0.5, 0.6) is 5.75 Å². The van der Waals surface area contributed by atoms with Crippen LogP contribution < -0.4 is 4.74 Å². The van der Waals surface area contributed by atoms with Crippen LogP contribution in [-0.2, 0) is 6.42 Å². The van der Waals surface area contributed by atoms with Crippen LogP contribution in [0.25, 0.3) is 6.08 Å². The molecule has 0 unspecified atom stereocenters. The number of fused-ring (bicyclic) bond motifs is 1. The Bertz CT molecular complexity index is 342. The highest BCUT2D eigenvalue weighted by atomic mass is 79.9. The first-order valence-corrected chi connectivity index (χ1v) is 4.64. The third kappa shape index (κ3) is 1.07. The van der Waals surface area contributed by atoms with Gasteiger partial charge in [-0.05, 0) is 39.5 Å². The Labute approximate surface area is 80.2 Å². The van der Waals surface area contributed by atoms with Gasteiger partial charge in [-0.1, -0.05) is 18.2 Å². The van der Waals surface area contributed by atoms with Crippen molar-refractivity contribution in [3.05, 3.63) is 33.8 Å². The molecule has 0 saturated heterocycles. The lowest BCUT2D eigenvalue weighted by Gasteiger charge is -2.06. The van der Waals surface area contributed by atoms with Gasteiger partial charge in [-0.25, -0.2) is 0 Å². The highest BCUT2D eigenvalue weighted by Gasteiger charge is 2.11. The molecule has 1 aromatic rings. The number of benzene rings is 1. The van der Waals surface area contributed by atoms with Crippen LogP contribution in [0.1, 0.15) is 11.1 Å². The molecule has 0 aromatic heterocycles. The first-order chi connectivity index (χ1) is 5.83. The molecule has 0 N–H and O–H groups in total. The van der Waals surface area contributed by atoms with E-state index in [0.29, 0.717) is 0 Å². The molecule has 1 nitrogen and oxygen atoms in total. The van der Waals surface area contributed by atoms with Crippen molar-refractivity contribution in [3.63, 3.8) is 0 Å². The Kier molecular flexibility index (Phi) is 1.93. The van der Waals surface area contributed by atoms with Gasteiger partial charge in [0.2, 0.25) is 0 Å². The molecule has 0 bridgehead atoms. The molecule has 1 aliphatic carbocycles. The van der Waals surface area contributed by atoms with Crippen LogP contribution in [0.3, 0.4) is 0 Å². The van der Waals surface area contributed by atoms with Gasteiger partial charge in [-0.2, -0.15) is 0 Å². The SMILES string of the molecule is COc1ccc2c(c1Br)C=CC2. The third-order valence-corrected chi connectivity index (χ3v) is 2.89. The fourth-order valence-corrected chi connectivity index (χ4v) is 2.11. The Morgan fingerprint density at radius 3 is 3.00 bits per heavy atom. The minimum absolute atomic E-state index is 0.903. The van der Waals surface area contributed by atoms with Gasteiger partial charge < -0.3 is 4.74 Å². The van der Waals surface area contributed by atoms with Gasteiger partial charge in [0.15, 0.2) is 0 Å². The van der Waals surface area contributed by atoms with Crippen molar-refractivity contribution >= 4 is 22.0 Å². The summed E-state index contributed by atoms with van der Waals surface area (Å²) in [5.41, 5.74) is 2.62. The molecule has 12 heavy (non-hydrogen) atoms. The first kappa shape index (κ1) is 7.87. The number of hydrogen-bond donors (Lipinski definition) is 0. The van der Waals surface area contributed by atoms with Gasteiger partial charge in [0, 0.05) is 0 Å². The van der Waals surface area contributed by atoms with E-state index in [4.69, 9.17) is 4.74 Å². The van der Waals surface area contributed by atoms with Crippen LogP contribution in [0.15, 0.2) is 22.7 Å². The second-order valence-electron chi connectivity index (χ2n) is 2.76. The van der Waals surface area contributed by atoms with Crippen molar-refractivity contribution in [1.82, 2.24) is 0 Å². The number of allylic oxidation sites excluding steroid dienone is 1. The van der Waals surface area contributed by atoms with Crippen molar-refractivity contribution in [3.8, 4) is 5.75 Å². The summed E-state index contributed by atoms with van der Waals surface area (Å²) in [6, 6.07) is 4.11. The largest absolute Gasteiger partial charge is 0.496 e. The Morgan fingerprint density at radius 2 is 2.25 bits per heavy atom. The predicted octanol–water partition coefficient (Wildman–Crippen LogP) is 3.03. The number of halogens is 1. The van der Waals surface area contributed by atoms with Gasteiger partial charge in [0.1, 0.15) is 5.75 Å². The lowest BCUT2D eigenvalue weighted by molar-refractivity contribution is 0.412. The summed E-state index contributed by atoms with van der Waals surface area (Å²) in [6.45, 7) is 0. The molecule has 0 spiro atoms. The van der Waals surface area contributed by atoms with Crippen LogP contribution in [0.2, 0.25) is 0 Å². The molecule has 2 heteroatoms. The highest BCUT2D eigenvalue weighted by molar-refractivity contribution is 9.10. The summed E-state index contributed by atoms with van der Waals surface area (Å²) in [7, 11) is 1.69. The number of ether oxygens (including phenoxy) is 1. The minimum Gasteiger partial charge on any atom is -0.496 e. The maximum absolute atomic E-state index is 5.19.